The molecule has 0 saturated heterocycles. The van der Waals surface area contributed by atoms with E-state index in [9.17, 15) is 22.8 Å². The maximum Gasteiger partial charge on any atom is 0.338 e. The van der Waals surface area contributed by atoms with Gasteiger partial charge in [-0.2, -0.15) is 0 Å². The summed E-state index contributed by atoms with van der Waals surface area (Å²) in [5, 5.41) is 9.15. The van der Waals surface area contributed by atoms with Crippen molar-refractivity contribution in [3.8, 4) is 0 Å². The topological polar surface area (TPSA) is 145 Å². The van der Waals surface area contributed by atoms with Crippen molar-refractivity contribution in [2.24, 2.45) is 5.14 Å². The number of hydrogen-bond donors (Lipinski definition) is 3. The van der Waals surface area contributed by atoms with Gasteiger partial charge in [-0.25, -0.2) is 23.1 Å². The van der Waals surface area contributed by atoms with Gasteiger partial charge in [0, 0.05) is 6.54 Å². The Balaban J connectivity index is 2.85. The van der Waals surface area contributed by atoms with E-state index in [2.05, 4.69) is 5.32 Å². The fourth-order valence-corrected chi connectivity index (χ4v) is 2.62. The maximum absolute atomic E-state index is 12.0. The predicted molar refractivity (Wildman–Crippen MR) is 84.9 cm³/mol. The number of esters is 1. The average Bonchev–Trinajstić information content (AvgIpc) is 2.46. The van der Waals surface area contributed by atoms with Crippen LogP contribution in [0.15, 0.2) is 23.1 Å². The Labute approximate surface area is 143 Å². The molecule has 0 saturated carbocycles. The number of ether oxygens (including phenoxy) is 1. The first kappa shape index (κ1) is 19.9. The lowest BCUT2D eigenvalue weighted by Crippen LogP contribution is -2.44. The van der Waals surface area contributed by atoms with Crippen molar-refractivity contribution in [1.29, 1.82) is 0 Å². The first-order chi connectivity index (χ1) is 11.1. The number of amides is 3. The highest BCUT2D eigenvalue weighted by Crippen LogP contribution is 2.22. The Morgan fingerprint density at radius 2 is 1.96 bits per heavy atom. The number of halogens is 1. The minimum absolute atomic E-state index is 0.156. The van der Waals surface area contributed by atoms with E-state index in [0.717, 1.165) is 12.1 Å². The molecule has 0 aliphatic rings. The first-order valence-electron chi connectivity index (χ1n) is 6.68. The third-order valence-electron chi connectivity index (χ3n) is 2.70. The predicted octanol–water partition coefficient (Wildman–Crippen LogP) is 0.378. The van der Waals surface area contributed by atoms with E-state index in [0.29, 0.717) is 6.54 Å². The van der Waals surface area contributed by atoms with Crippen molar-refractivity contribution < 1.29 is 27.5 Å². The number of nitrogens with two attached hydrogens (primary N) is 1. The van der Waals surface area contributed by atoms with Gasteiger partial charge in [0.2, 0.25) is 10.0 Å². The highest BCUT2D eigenvalue weighted by Gasteiger charge is 2.22. The summed E-state index contributed by atoms with van der Waals surface area (Å²) in [6.07, 6.45) is -1.28. The van der Waals surface area contributed by atoms with Gasteiger partial charge >= 0.3 is 12.0 Å². The number of nitrogens with one attached hydrogen (secondary N) is 2. The molecular formula is C13H16ClN3O6S. The Bertz CT molecular complexity index is 765. The largest absolute Gasteiger partial charge is 0.449 e. The molecule has 1 aromatic rings. The van der Waals surface area contributed by atoms with Crippen LogP contribution in [0.3, 0.4) is 0 Å². The number of carbonyl (C=O) groups is 3. The molecule has 0 aliphatic carbocycles. The van der Waals surface area contributed by atoms with E-state index in [-0.39, 0.29) is 10.6 Å². The van der Waals surface area contributed by atoms with Crippen LogP contribution < -0.4 is 15.8 Å². The van der Waals surface area contributed by atoms with E-state index in [4.69, 9.17) is 21.5 Å². The number of sulfonamides is 1. The van der Waals surface area contributed by atoms with Gasteiger partial charge in [-0.3, -0.25) is 10.1 Å². The molecule has 0 aliphatic heterocycles. The number of rotatable bonds is 5. The molecule has 0 heterocycles. The normalized spacial score (nSPS) is 12.2. The quantitative estimate of drug-likeness (QED) is 0.632. The first-order valence-corrected chi connectivity index (χ1v) is 8.60. The number of benzene rings is 1. The second-order valence-corrected chi connectivity index (χ2v) is 6.52. The van der Waals surface area contributed by atoms with E-state index in [1.165, 1.54) is 13.0 Å². The fraction of sp³-hybridized carbons (Fsp3) is 0.308. The highest BCUT2D eigenvalue weighted by molar-refractivity contribution is 7.89. The molecule has 1 unspecified atom stereocenters. The monoisotopic (exact) mass is 377 g/mol. The Morgan fingerprint density at radius 1 is 1.33 bits per heavy atom. The minimum atomic E-state index is -4.13. The van der Waals surface area contributed by atoms with Crippen molar-refractivity contribution in [2.75, 3.05) is 6.54 Å². The van der Waals surface area contributed by atoms with Gasteiger partial charge in [0.25, 0.3) is 5.91 Å². The minimum Gasteiger partial charge on any atom is -0.449 e. The van der Waals surface area contributed by atoms with Crippen LogP contribution >= 0.6 is 11.6 Å². The molecule has 1 rings (SSSR count). The number of carbonyl (C=O) groups excluding carboxylic acids is 3. The Kier molecular flexibility index (Phi) is 6.70. The van der Waals surface area contributed by atoms with Crippen molar-refractivity contribution in [3.05, 3.63) is 28.8 Å². The van der Waals surface area contributed by atoms with Gasteiger partial charge in [-0.15, -0.1) is 0 Å². The van der Waals surface area contributed by atoms with Gasteiger partial charge in [0.15, 0.2) is 6.10 Å². The standard InChI is InChI=1S/C13H16ClN3O6S/c1-3-16-13(20)17-11(18)7(2)23-12(19)8-4-5-9(14)10(6-8)24(15,21)22/h4-7H,3H2,1-2H3,(H2,15,21,22)(H2,16,17,18,20). The molecule has 0 spiro atoms. The van der Waals surface area contributed by atoms with E-state index < -0.39 is 38.9 Å². The van der Waals surface area contributed by atoms with Gasteiger partial charge in [0.05, 0.1) is 10.6 Å². The van der Waals surface area contributed by atoms with Crippen LogP contribution in [0.2, 0.25) is 5.02 Å². The molecule has 132 valence electrons. The van der Waals surface area contributed by atoms with Gasteiger partial charge < -0.3 is 10.1 Å². The van der Waals surface area contributed by atoms with Crippen molar-refractivity contribution in [1.82, 2.24) is 10.6 Å². The van der Waals surface area contributed by atoms with Gasteiger partial charge in [-0.05, 0) is 32.0 Å². The summed E-state index contributed by atoms with van der Waals surface area (Å²) in [4.78, 5) is 34.5. The summed E-state index contributed by atoms with van der Waals surface area (Å²) in [7, 11) is -4.13. The summed E-state index contributed by atoms with van der Waals surface area (Å²) in [5.41, 5.74) is -0.166. The number of imide groups is 1. The number of primary sulfonamides is 1. The lowest BCUT2D eigenvalue weighted by molar-refractivity contribution is -0.127. The zero-order chi connectivity index (χ0) is 18.5. The molecule has 1 aromatic carbocycles. The molecule has 11 heteroatoms. The lowest BCUT2D eigenvalue weighted by Gasteiger charge is -2.13. The van der Waals surface area contributed by atoms with E-state index in [1.54, 1.807) is 6.92 Å². The summed E-state index contributed by atoms with van der Waals surface area (Å²) in [6, 6.07) is 2.59. The van der Waals surface area contributed by atoms with Crippen molar-refractivity contribution >= 4 is 39.5 Å². The van der Waals surface area contributed by atoms with E-state index in [1.807, 2.05) is 5.32 Å². The lowest BCUT2D eigenvalue weighted by atomic mass is 10.2. The highest BCUT2D eigenvalue weighted by atomic mass is 35.5. The zero-order valence-electron chi connectivity index (χ0n) is 12.8. The molecule has 9 nitrogen and oxygen atoms in total. The molecular weight excluding hydrogens is 362 g/mol. The van der Waals surface area contributed by atoms with Gasteiger partial charge in [-0.1, -0.05) is 11.6 Å². The molecule has 0 bridgehead atoms. The summed E-state index contributed by atoms with van der Waals surface area (Å²) >= 11 is 5.71. The molecule has 0 radical (unpaired) electrons. The zero-order valence-corrected chi connectivity index (χ0v) is 14.4. The van der Waals surface area contributed by atoms with Crippen molar-refractivity contribution in [3.63, 3.8) is 0 Å². The van der Waals surface area contributed by atoms with Crippen LogP contribution in [0.1, 0.15) is 24.2 Å². The summed E-state index contributed by atoms with van der Waals surface area (Å²) < 4.78 is 27.6. The van der Waals surface area contributed by atoms with E-state index >= 15 is 0 Å². The molecule has 0 aromatic heterocycles. The summed E-state index contributed by atoms with van der Waals surface area (Å²) in [5.74, 6) is -1.81. The third kappa shape index (κ3) is 5.48. The molecule has 4 N–H and O–H groups in total. The van der Waals surface area contributed by atoms with Crippen LogP contribution in [-0.4, -0.2) is 39.0 Å². The maximum atomic E-state index is 12.0. The second kappa shape index (κ2) is 8.08. The second-order valence-electron chi connectivity index (χ2n) is 4.59. The van der Waals surface area contributed by atoms with Crippen molar-refractivity contribution in [2.45, 2.75) is 24.8 Å². The van der Waals surface area contributed by atoms with Crippen LogP contribution in [0.4, 0.5) is 4.79 Å². The molecule has 3 amide bonds. The van der Waals surface area contributed by atoms with Gasteiger partial charge in [0.1, 0.15) is 4.90 Å². The van der Waals surface area contributed by atoms with Crippen LogP contribution in [0.5, 0.6) is 0 Å². The molecule has 1 atom stereocenters. The number of hydrogen-bond acceptors (Lipinski definition) is 6. The molecule has 24 heavy (non-hydrogen) atoms. The number of urea groups is 1. The SMILES string of the molecule is CCNC(=O)NC(=O)C(C)OC(=O)c1ccc(Cl)c(S(N)(=O)=O)c1. The van der Waals surface area contributed by atoms with Crippen LogP contribution in [0.25, 0.3) is 0 Å². The molecule has 0 fully saturated rings. The summed E-state index contributed by atoms with van der Waals surface area (Å²) in [6.45, 7) is 3.23. The average molecular weight is 378 g/mol. The Hall–Kier alpha value is -2.17. The van der Waals surface area contributed by atoms with Crippen LogP contribution in [-0.2, 0) is 19.6 Å². The Morgan fingerprint density at radius 3 is 2.50 bits per heavy atom. The van der Waals surface area contributed by atoms with Crippen LogP contribution in [0, 0.1) is 0 Å². The fourth-order valence-electron chi connectivity index (χ4n) is 1.55. The smallest absolute Gasteiger partial charge is 0.338 e. The third-order valence-corrected chi connectivity index (χ3v) is 4.09.